The number of methoxy groups -OCH3 is 1. The van der Waals surface area contributed by atoms with Crippen LogP contribution < -0.4 is 11.1 Å². The predicted molar refractivity (Wildman–Crippen MR) is 83.2 cm³/mol. The summed E-state index contributed by atoms with van der Waals surface area (Å²) in [5, 5.41) is 3.12. The molecule has 1 aliphatic rings. The Morgan fingerprint density at radius 3 is 2.81 bits per heavy atom. The summed E-state index contributed by atoms with van der Waals surface area (Å²) >= 11 is 0. The van der Waals surface area contributed by atoms with E-state index in [-0.39, 0.29) is 12.1 Å². The Morgan fingerprint density at radius 1 is 1.33 bits per heavy atom. The van der Waals surface area contributed by atoms with Crippen LogP contribution in [0.2, 0.25) is 0 Å². The fraction of sp³-hybridized carbons (Fsp3) is 0.867. The third-order valence-corrected chi connectivity index (χ3v) is 3.58. The average Bonchev–Trinajstić information content (AvgIpc) is 3.00. The number of ether oxygens (including phenoxy) is 2. The van der Waals surface area contributed by atoms with Crippen LogP contribution in [0.15, 0.2) is 4.99 Å². The van der Waals surface area contributed by atoms with Crippen LogP contribution in [0, 0.1) is 0 Å². The summed E-state index contributed by atoms with van der Waals surface area (Å²) in [7, 11) is 1.43. The van der Waals surface area contributed by atoms with Gasteiger partial charge in [0.05, 0.1) is 19.8 Å². The van der Waals surface area contributed by atoms with Gasteiger partial charge in [-0.15, -0.1) is 0 Å². The molecule has 0 amide bonds. The van der Waals surface area contributed by atoms with Crippen molar-refractivity contribution >= 4 is 11.9 Å². The molecule has 1 rings (SSSR count). The van der Waals surface area contributed by atoms with E-state index in [1.807, 2.05) is 0 Å². The van der Waals surface area contributed by atoms with E-state index in [1.54, 1.807) is 0 Å². The van der Waals surface area contributed by atoms with E-state index in [9.17, 15) is 4.79 Å². The molecule has 1 saturated heterocycles. The van der Waals surface area contributed by atoms with Gasteiger partial charge in [0.15, 0.2) is 5.96 Å². The van der Waals surface area contributed by atoms with Gasteiger partial charge in [-0.05, 0) is 25.7 Å². The number of rotatable bonds is 10. The standard InChI is InChI=1S/C15H29N3O3/c1-20-14(19)9-5-3-2-4-6-10-17-15(16)18-12-13-8-7-11-21-13/h13H,2-12H2,1H3,(H3,16,17,18). The molecule has 3 N–H and O–H groups in total. The lowest BCUT2D eigenvalue weighted by molar-refractivity contribution is -0.140. The Kier molecular flexibility index (Phi) is 9.61. The molecule has 0 aliphatic carbocycles. The summed E-state index contributed by atoms with van der Waals surface area (Å²) < 4.78 is 10.1. The highest BCUT2D eigenvalue weighted by Gasteiger charge is 2.14. The lowest BCUT2D eigenvalue weighted by atomic mass is 10.1. The van der Waals surface area contributed by atoms with Gasteiger partial charge in [0.2, 0.25) is 0 Å². The molecular weight excluding hydrogens is 270 g/mol. The molecule has 0 aromatic carbocycles. The third kappa shape index (κ3) is 9.28. The zero-order chi connectivity index (χ0) is 15.3. The van der Waals surface area contributed by atoms with Crippen LogP contribution in [0.3, 0.4) is 0 Å². The van der Waals surface area contributed by atoms with Crippen molar-refractivity contribution in [2.45, 2.75) is 57.5 Å². The molecule has 0 radical (unpaired) electrons. The van der Waals surface area contributed by atoms with Crippen LogP contribution in [0.25, 0.3) is 0 Å². The van der Waals surface area contributed by atoms with Gasteiger partial charge in [0.25, 0.3) is 0 Å². The number of nitrogens with two attached hydrogens (primary N) is 1. The minimum absolute atomic E-state index is 0.119. The number of aliphatic imine (C=N–C) groups is 1. The lowest BCUT2D eigenvalue weighted by Gasteiger charge is -2.08. The Balaban J connectivity index is 1.88. The summed E-state index contributed by atoms with van der Waals surface area (Å²) in [6, 6.07) is 0. The van der Waals surface area contributed by atoms with E-state index < -0.39 is 0 Å². The molecule has 1 atom stereocenters. The van der Waals surface area contributed by atoms with Crippen molar-refractivity contribution in [2.75, 3.05) is 26.8 Å². The monoisotopic (exact) mass is 299 g/mol. The van der Waals surface area contributed by atoms with Crippen LogP contribution in [0.5, 0.6) is 0 Å². The summed E-state index contributed by atoms with van der Waals surface area (Å²) in [4.78, 5) is 15.2. The largest absolute Gasteiger partial charge is 0.469 e. The molecule has 1 aliphatic heterocycles. The first-order chi connectivity index (χ1) is 10.2. The van der Waals surface area contributed by atoms with Gasteiger partial charge in [-0.3, -0.25) is 9.79 Å². The number of esters is 1. The number of nitrogens with one attached hydrogen (secondary N) is 1. The molecule has 0 spiro atoms. The molecule has 0 aromatic rings. The molecule has 1 heterocycles. The fourth-order valence-electron chi connectivity index (χ4n) is 2.29. The van der Waals surface area contributed by atoms with Crippen molar-refractivity contribution in [1.29, 1.82) is 0 Å². The predicted octanol–water partition coefficient (Wildman–Crippen LogP) is 1.58. The van der Waals surface area contributed by atoms with Crippen LogP contribution in [-0.4, -0.2) is 44.8 Å². The number of hydrogen-bond donors (Lipinski definition) is 2. The average molecular weight is 299 g/mol. The summed E-state index contributed by atoms with van der Waals surface area (Å²) in [5.41, 5.74) is 5.79. The highest BCUT2D eigenvalue weighted by molar-refractivity contribution is 5.77. The molecular formula is C15H29N3O3. The first kappa shape index (κ1) is 17.8. The van der Waals surface area contributed by atoms with Crippen molar-refractivity contribution in [3.8, 4) is 0 Å². The highest BCUT2D eigenvalue weighted by atomic mass is 16.5. The normalized spacial score (nSPS) is 18.7. The van der Waals surface area contributed by atoms with Crippen LogP contribution in [0.1, 0.15) is 51.4 Å². The summed E-state index contributed by atoms with van der Waals surface area (Å²) in [6.45, 7) is 2.35. The summed E-state index contributed by atoms with van der Waals surface area (Å²) in [5.74, 6) is 0.392. The lowest BCUT2D eigenvalue weighted by Crippen LogP contribution is -2.33. The van der Waals surface area contributed by atoms with E-state index >= 15 is 0 Å². The first-order valence-electron chi connectivity index (χ1n) is 7.94. The van der Waals surface area contributed by atoms with Gasteiger partial charge in [0, 0.05) is 19.6 Å². The maximum absolute atomic E-state index is 10.9. The van der Waals surface area contributed by atoms with E-state index in [0.717, 1.165) is 58.1 Å². The van der Waals surface area contributed by atoms with Gasteiger partial charge >= 0.3 is 5.97 Å². The molecule has 0 saturated carbocycles. The molecule has 6 heteroatoms. The number of carbonyl (C=O) groups excluding carboxylic acids is 1. The second-order valence-electron chi connectivity index (χ2n) is 5.38. The number of nitrogens with zero attached hydrogens (tertiary/aromatic N) is 1. The number of guanidine groups is 1. The highest BCUT2D eigenvalue weighted by Crippen LogP contribution is 2.11. The van der Waals surface area contributed by atoms with E-state index in [2.05, 4.69) is 15.0 Å². The topological polar surface area (TPSA) is 85.9 Å². The quantitative estimate of drug-likeness (QED) is 0.277. The minimum atomic E-state index is -0.119. The molecule has 21 heavy (non-hydrogen) atoms. The SMILES string of the molecule is COC(=O)CCCCCCCNC(N)=NCC1CCCO1. The zero-order valence-electron chi connectivity index (χ0n) is 13.1. The van der Waals surface area contributed by atoms with Crippen molar-refractivity contribution in [2.24, 2.45) is 10.7 Å². The smallest absolute Gasteiger partial charge is 0.305 e. The Hall–Kier alpha value is -1.30. The number of unbranched alkanes of at least 4 members (excludes halogenated alkanes) is 4. The van der Waals surface area contributed by atoms with Gasteiger partial charge < -0.3 is 20.5 Å². The van der Waals surface area contributed by atoms with E-state index in [0.29, 0.717) is 18.9 Å². The first-order valence-corrected chi connectivity index (χ1v) is 7.94. The second kappa shape index (κ2) is 11.4. The number of carbonyl (C=O) groups is 1. The van der Waals surface area contributed by atoms with Crippen molar-refractivity contribution in [3.63, 3.8) is 0 Å². The Labute approximate surface area is 127 Å². The van der Waals surface area contributed by atoms with Crippen molar-refractivity contribution < 1.29 is 14.3 Å². The van der Waals surface area contributed by atoms with Gasteiger partial charge in [-0.2, -0.15) is 0 Å². The minimum Gasteiger partial charge on any atom is -0.469 e. The van der Waals surface area contributed by atoms with Crippen LogP contribution in [-0.2, 0) is 14.3 Å². The molecule has 1 fully saturated rings. The fourth-order valence-corrected chi connectivity index (χ4v) is 2.29. The molecule has 122 valence electrons. The van der Waals surface area contributed by atoms with Gasteiger partial charge in [-0.1, -0.05) is 19.3 Å². The Bertz CT molecular complexity index is 315. The molecule has 6 nitrogen and oxygen atoms in total. The maximum Gasteiger partial charge on any atom is 0.305 e. The van der Waals surface area contributed by atoms with E-state index in [4.69, 9.17) is 10.5 Å². The van der Waals surface area contributed by atoms with Crippen molar-refractivity contribution in [3.05, 3.63) is 0 Å². The van der Waals surface area contributed by atoms with Crippen LogP contribution in [0.4, 0.5) is 0 Å². The van der Waals surface area contributed by atoms with Crippen LogP contribution >= 0.6 is 0 Å². The number of hydrogen-bond acceptors (Lipinski definition) is 4. The van der Waals surface area contributed by atoms with E-state index in [1.165, 1.54) is 7.11 Å². The third-order valence-electron chi connectivity index (χ3n) is 3.58. The van der Waals surface area contributed by atoms with Gasteiger partial charge in [0.1, 0.15) is 0 Å². The molecule has 0 aromatic heterocycles. The molecule has 0 bridgehead atoms. The maximum atomic E-state index is 10.9. The zero-order valence-corrected chi connectivity index (χ0v) is 13.1. The second-order valence-corrected chi connectivity index (χ2v) is 5.38. The van der Waals surface area contributed by atoms with Gasteiger partial charge in [-0.25, -0.2) is 0 Å². The molecule has 1 unspecified atom stereocenters. The Morgan fingerprint density at radius 2 is 2.10 bits per heavy atom. The van der Waals surface area contributed by atoms with Crippen molar-refractivity contribution in [1.82, 2.24) is 5.32 Å². The summed E-state index contributed by atoms with van der Waals surface area (Å²) in [6.07, 6.45) is 8.29.